The lowest BCUT2D eigenvalue weighted by Crippen LogP contribution is -2.20. The predicted octanol–water partition coefficient (Wildman–Crippen LogP) is 3.65. The van der Waals surface area contributed by atoms with Crippen molar-refractivity contribution in [3.63, 3.8) is 0 Å². The Labute approximate surface area is 114 Å². The van der Waals surface area contributed by atoms with E-state index in [-0.39, 0.29) is 10.6 Å². The molecule has 1 rings (SSSR count). The molecule has 0 atom stereocenters. The van der Waals surface area contributed by atoms with Crippen molar-refractivity contribution in [1.82, 2.24) is 0 Å². The van der Waals surface area contributed by atoms with Gasteiger partial charge in [-0.05, 0) is 25.0 Å². The van der Waals surface area contributed by atoms with E-state index in [1.807, 2.05) is 31.0 Å². The first-order valence-electron chi connectivity index (χ1n) is 6.84. The molecule has 0 aromatic heterocycles. The van der Waals surface area contributed by atoms with E-state index in [2.05, 4.69) is 12.2 Å². The third-order valence-corrected chi connectivity index (χ3v) is 3.02. The van der Waals surface area contributed by atoms with Crippen molar-refractivity contribution < 1.29 is 4.92 Å². The Bertz CT molecular complexity index is 421. The highest BCUT2D eigenvalue weighted by Crippen LogP contribution is 2.34. The highest BCUT2D eigenvalue weighted by molar-refractivity contribution is 5.76. The van der Waals surface area contributed by atoms with E-state index in [4.69, 9.17) is 0 Å². The zero-order valence-corrected chi connectivity index (χ0v) is 12.0. The molecule has 0 aliphatic rings. The molecule has 106 valence electrons. The number of rotatable bonds is 8. The number of para-hydroxylation sites is 1. The van der Waals surface area contributed by atoms with Crippen LogP contribution in [0.5, 0.6) is 0 Å². The fourth-order valence-corrected chi connectivity index (χ4v) is 1.95. The van der Waals surface area contributed by atoms with Crippen molar-refractivity contribution in [3.05, 3.63) is 28.3 Å². The second kappa shape index (κ2) is 7.61. The van der Waals surface area contributed by atoms with Gasteiger partial charge in [-0.2, -0.15) is 0 Å². The summed E-state index contributed by atoms with van der Waals surface area (Å²) in [4.78, 5) is 13.0. The standard InChI is InChI=1S/C14H23N3O2/c1-4-6-11-16(3)13-9-7-8-12(15-10-5-2)14(13)17(18)19/h7-9,15H,4-6,10-11H2,1-3H3. The zero-order chi connectivity index (χ0) is 14.3. The summed E-state index contributed by atoms with van der Waals surface area (Å²) in [7, 11) is 1.90. The number of hydrogen-bond donors (Lipinski definition) is 1. The highest BCUT2D eigenvalue weighted by atomic mass is 16.6. The van der Waals surface area contributed by atoms with Gasteiger partial charge in [-0.15, -0.1) is 0 Å². The number of anilines is 2. The van der Waals surface area contributed by atoms with E-state index in [0.29, 0.717) is 11.4 Å². The molecule has 1 aromatic carbocycles. The molecule has 0 spiro atoms. The molecule has 0 saturated carbocycles. The van der Waals surface area contributed by atoms with Crippen LogP contribution in [0.1, 0.15) is 33.1 Å². The van der Waals surface area contributed by atoms with Crippen LogP contribution in [0.4, 0.5) is 17.1 Å². The van der Waals surface area contributed by atoms with E-state index < -0.39 is 0 Å². The molecule has 19 heavy (non-hydrogen) atoms. The fraction of sp³-hybridized carbons (Fsp3) is 0.571. The average molecular weight is 265 g/mol. The molecular weight excluding hydrogens is 242 g/mol. The Balaban J connectivity index is 3.05. The first-order valence-corrected chi connectivity index (χ1v) is 6.84. The molecule has 0 unspecified atom stereocenters. The summed E-state index contributed by atoms with van der Waals surface area (Å²) in [5, 5.41) is 14.5. The van der Waals surface area contributed by atoms with Gasteiger partial charge in [-0.3, -0.25) is 10.1 Å². The highest BCUT2D eigenvalue weighted by Gasteiger charge is 2.21. The maximum atomic E-state index is 11.3. The average Bonchev–Trinajstić information content (AvgIpc) is 2.41. The molecular formula is C14H23N3O2. The van der Waals surface area contributed by atoms with Gasteiger partial charge in [0.25, 0.3) is 0 Å². The topological polar surface area (TPSA) is 58.4 Å². The largest absolute Gasteiger partial charge is 0.379 e. The molecule has 0 heterocycles. The summed E-state index contributed by atoms with van der Waals surface area (Å²) in [6.07, 6.45) is 3.04. The molecule has 0 amide bonds. The summed E-state index contributed by atoms with van der Waals surface area (Å²) in [6.45, 7) is 5.72. The van der Waals surface area contributed by atoms with E-state index >= 15 is 0 Å². The van der Waals surface area contributed by atoms with Gasteiger partial charge in [0, 0.05) is 20.1 Å². The Kier molecular flexibility index (Phi) is 6.12. The minimum Gasteiger partial charge on any atom is -0.379 e. The molecule has 1 N–H and O–H groups in total. The van der Waals surface area contributed by atoms with Gasteiger partial charge >= 0.3 is 5.69 Å². The zero-order valence-electron chi connectivity index (χ0n) is 12.0. The molecule has 0 aliphatic carbocycles. The maximum Gasteiger partial charge on any atom is 0.315 e. The fourth-order valence-electron chi connectivity index (χ4n) is 1.95. The SMILES string of the molecule is CCCCN(C)c1cccc(NCCC)c1[N+](=O)[O-]. The van der Waals surface area contributed by atoms with Crippen molar-refractivity contribution in [2.75, 3.05) is 30.4 Å². The van der Waals surface area contributed by atoms with Crippen LogP contribution in [0.2, 0.25) is 0 Å². The molecule has 1 aromatic rings. The molecule has 0 radical (unpaired) electrons. The monoisotopic (exact) mass is 265 g/mol. The van der Waals surface area contributed by atoms with Crippen molar-refractivity contribution in [1.29, 1.82) is 0 Å². The van der Waals surface area contributed by atoms with Crippen LogP contribution in [0.3, 0.4) is 0 Å². The normalized spacial score (nSPS) is 10.3. The van der Waals surface area contributed by atoms with Crippen LogP contribution in [-0.2, 0) is 0 Å². The lowest BCUT2D eigenvalue weighted by atomic mass is 10.2. The van der Waals surface area contributed by atoms with E-state index in [1.54, 1.807) is 6.07 Å². The van der Waals surface area contributed by atoms with Gasteiger partial charge < -0.3 is 10.2 Å². The smallest absolute Gasteiger partial charge is 0.315 e. The van der Waals surface area contributed by atoms with Crippen LogP contribution < -0.4 is 10.2 Å². The Morgan fingerprint density at radius 1 is 1.32 bits per heavy atom. The second-order valence-corrected chi connectivity index (χ2v) is 4.63. The Morgan fingerprint density at radius 2 is 2.05 bits per heavy atom. The second-order valence-electron chi connectivity index (χ2n) is 4.63. The predicted molar refractivity (Wildman–Crippen MR) is 80.1 cm³/mol. The molecule has 5 heteroatoms. The van der Waals surface area contributed by atoms with Crippen molar-refractivity contribution >= 4 is 17.1 Å². The summed E-state index contributed by atoms with van der Waals surface area (Å²) in [6, 6.07) is 5.44. The molecule has 5 nitrogen and oxygen atoms in total. The van der Waals surface area contributed by atoms with Crippen LogP contribution in [-0.4, -0.2) is 25.1 Å². The summed E-state index contributed by atoms with van der Waals surface area (Å²) in [5.74, 6) is 0. The number of hydrogen-bond acceptors (Lipinski definition) is 4. The van der Waals surface area contributed by atoms with E-state index in [0.717, 1.165) is 32.4 Å². The number of nitrogens with zero attached hydrogens (tertiary/aromatic N) is 2. The summed E-state index contributed by atoms with van der Waals surface area (Å²) in [5.41, 5.74) is 1.46. The van der Waals surface area contributed by atoms with Gasteiger partial charge in [0.05, 0.1) is 4.92 Å². The molecule has 0 saturated heterocycles. The third-order valence-electron chi connectivity index (χ3n) is 3.02. The van der Waals surface area contributed by atoms with Gasteiger partial charge in [-0.1, -0.05) is 26.3 Å². The van der Waals surface area contributed by atoms with Crippen LogP contribution in [0, 0.1) is 10.1 Å². The van der Waals surface area contributed by atoms with Crippen LogP contribution in [0.15, 0.2) is 18.2 Å². The maximum absolute atomic E-state index is 11.3. The lowest BCUT2D eigenvalue weighted by molar-refractivity contribution is -0.383. The Hall–Kier alpha value is -1.78. The van der Waals surface area contributed by atoms with Gasteiger partial charge in [0.15, 0.2) is 0 Å². The molecule has 0 bridgehead atoms. The summed E-state index contributed by atoms with van der Waals surface area (Å²) < 4.78 is 0. The van der Waals surface area contributed by atoms with Gasteiger partial charge in [0.1, 0.15) is 11.4 Å². The van der Waals surface area contributed by atoms with Gasteiger partial charge in [-0.25, -0.2) is 0 Å². The Morgan fingerprint density at radius 3 is 2.63 bits per heavy atom. The van der Waals surface area contributed by atoms with Crippen molar-refractivity contribution in [3.8, 4) is 0 Å². The van der Waals surface area contributed by atoms with Crippen LogP contribution >= 0.6 is 0 Å². The minimum absolute atomic E-state index is 0.176. The minimum atomic E-state index is -0.296. The number of nitro benzene ring substituents is 1. The quantitative estimate of drug-likeness (QED) is 0.575. The summed E-state index contributed by atoms with van der Waals surface area (Å²) >= 11 is 0. The van der Waals surface area contributed by atoms with E-state index in [1.165, 1.54) is 0 Å². The van der Waals surface area contributed by atoms with Crippen molar-refractivity contribution in [2.24, 2.45) is 0 Å². The van der Waals surface area contributed by atoms with E-state index in [9.17, 15) is 10.1 Å². The van der Waals surface area contributed by atoms with Crippen molar-refractivity contribution in [2.45, 2.75) is 33.1 Å². The number of nitro groups is 1. The first kappa shape index (κ1) is 15.3. The first-order chi connectivity index (χ1) is 9.11. The lowest BCUT2D eigenvalue weighted by Gasteiger charge is -2.20. The molecule has 0 aliphatic heterocycles. The van der Waals surface area contributed by atoms with Crippen LogP contribution in [0.25, 0.3) is 0 Å². The molecule has 0 fully saturated rings. The third kappa shape index (κ3) is 4.12. The number of benzene rings is 1. The number of nitrogens with one attached hydrogen (secondary N) is 1. The van der Waals surface area contributed by atoms with Gasteiger partial charge in [0.2, 0.25) is 0 Å². The number of unbranched alkanes of at least 4 members (excludes halogenated alkanes) is 1.